The molecule has 19 heavy (non-hydrogen) atoms. The quantitative estimate of drug-likeness (QED) is 0.757. The number of carboxylic acids is 1. The molecule has 0 aromatic heterocycles. The number of carboxylic acid groups (broad SMARTS) is 1. The standard InChI is InChI=1S/C14H18N2O3/c1-9-6-12(9)8-16-14(19)15-7-10-2-4-11(5-3-10)13(17)18/h2-5,9,12H,6-8H2,1H3,(H,17,18)(H2,15,16,19). The van der Waals surface area contributed by atoms with Crippen LogP contribution < -0.4 is 10.6 Å². The average molecular weight is 262 g/mol. The van der Waals surface area contributed by atoms with Gasteiger partial charge in [0.05, 0.1) is 5.56 Å². The number of urea groups is 1. The van der Waals surface area contributed by atoms with Crippen LogP contribution >= 0.6 is 0 Å². The van der Waals surface area contributed by atoms with E-state index in [1.807, 2.05) is 0 Å². The molecule has 0 heterocycles. The van der Waals surface area contributed by atoms with E-state index in [0.29, 0.717) is 12.5 Å². The van der Waals surface area contributed by atoms with Gasteiger partial charge in [0.2, 0.25) is 0 Å². The predicted molar refractivity (Wildman–Crippen MR) is 70.9 cm³/mol. The van der Waals surface area contributed by atoms with Crippen LogP contribution in [0.3, 0.4) is 0 Å². The van der Waals surface area contributed by atoms with E-state index in [-0.39, 0.29) is 11.6 Å². The first-order valence-corrected chi connectivity index (χ1v) is 6.40. The number of carbonyl (C=O) groups excluding carboxylic acids is 1. The lowest BCUT2D eigenvalue weighted by molar-refractivity contribution is 0.0697. The van der Waals surface area contributed by atoms with E-state index >= 15 is 0 Å². The summed E-state index contributed by atoms with van der Waals surface area (Å²) in [5.74, 6) is 0.403. The van der Waals surface area contributed by atoms with Crippen LogP contribution in [0.25, 0.3) is 0 Å². The van der Waals surface area contributed by atoms with Crippen molar-refractivity contribution in [1.82, 2.24) is 10.6 Å². The highest BCUT2D eigenvalue weighted by molar-refractivity contribution is 5.87. The molecule has 2 rings (SSSR count). The summed E-state index contributed by atoms with van der Waals surface area (Å²) >= 11 is 0. The number of hydrogen-bond donors (Lipinski definition) is 3. The van der Waals surface area contributed by atoms with Crippen molar-refractivity contribution in [1.29, 1.82) is 0 Å². The summed E-state index contributed by atoms with van der Waals surface area (Å²) in [5.41, 5.74) is 1.12. The zero-order valence-corrected chi connectivity index (χ0v) is 10.8. The molecule has 0 bridgehead atoms. The van der Waals surface area contributed by atoms with Crippen molar-refractivity contribution < 1.29 is 14.7 Å². The second kappa shape index (κ2) is 5.73. The zero-order valence-electron chi connectivity index (χ0n) is 10.8. The second-order valence-corrected chi connectivity index (χ2v) is 5.04. The van der Waals surface area contributed by atoms with E-state index < -0.39 is 5.97 Å². The minimum absolute atomic E-state index is 0.179. The normalized spacial score (nSPS) is 20.7. The van der Waals surface area contributed by atoms with Crippen molar-refractivity contribution in [2.45, 2.75) is 19.9 Å². The molecule has 0 radical (unpaired) electrons. The topological polar surface area (TPSA) is 78.4 Å². The summed E-state index contributed by atoms with van der Waals surface area (Å²) in [6.45, 7) is 3.30. The summed E-state index contributed by atoms with van der Waals surface area (Å²) in [5, 5.41) is 14.3. The molecule has 1 aromatic rings. The fourth-order valence-corrected chi connectivity index (χ4v) is 1.92. The molecule has 2 atom stereocenters. The Kier molecular flexibility index (Phi) is 4.04. The molecule has 2 amide bonds. The Hall–Kier alpha value is -2.04. The maximum Gasteiger partial charge on any atom is 0.335 e. The van der Waals surface area contributed by atoms with Crippen molar-refractivity contribution in [3.05, 3.63) is 35.4 Å². The Morgan fingerprint density at radius 3 is 2.42 bits per heavy atom. The Balaban J connectivity index is 1.72. The van der Waals surface area contributed by atoms with Crippen LogP contribution in [0.15, 0.2) is 24.3 Å². The van der Waals surface area contributed by atoms with Crippen molar-refractivity contribution in [3.63, 3.8) is 0 Å². The molecule has 1 fully saturated rings. The number of amides is 2. The van der Waals surface area contributed by atoms with Gasteiger partial charge in [0, 0.05) is 13.1 Å². The number of rotatable bonds is 5. The van der Waals surface area contributed by atoms with Crippen molar-refractivity contribution in [2.24, 2.45) is 11.8 Å². The summed E-state index contributed by atoms with van der Waals surface area (Å²) in [4.78, 5) is 22.2. The lowest BCUT2D eigenvalue weighted by Crippen LogP contribution is -2.36. The lowest BCUT2D eigenvalue weighted by atomic mass is 10.1. The molecule has 1 aromatic carbocycles. The molecule has 0 saturated heterocycles. The maximum absolute atomic E-state index is 11.5. The average Bonchev–Trinajstić information content (AvgIpc) is 3.10. The Morgan fingerprint density at radius 1 is 1.26 bits per heavy atom. The number of aromatic carboxylic acids is 1. The smallest absolute Gasteiger partial charge is 0.335 e. The van der Waals surface area contributed by atoms with Gasteiger partial charge in [0.15, 0.2) is 0 Å². The van der Waals surface area contributed by atoms with E-state index in [9.17, 15) is 9.59 Å². The molecule has 1 aliphatic carbocycles. The lowest BCUT2D eigenvalue weighted by Gasteiger charge is -2.07. The second-order valence-electron chi connectivity index (χ2n) is 5.04. The first kappa shape index (κ1) is 13.4. The fraction of sp³-hybridized carbons (Fsp3) is 0.429. The van der Waals surface area contributed by atoms with Gasteiger partial charge in [-0.05, 0) is 36.0 Å². The zero-order chi connectivity index (χ0) is 13.8. The van der Waals surface area contributed by atoms with Crippen LogP contribution in [-0.4, -0.2) is 23.7 Å². The number of benzene rings is 1. The third-order valence-corrected chi connectivity index (χ3v) is 3.45. The van der Waals surface area contributed by atoms with Gasteiger partial charge in [0.1, 0.15) is 0 Å². The minimum Gasteiger partial charge on any atom is -0.478 e. The highest BCUT2D eigenvalue weighted by Gasteiger charge is 2.32. The predicted octanol–water partition coefficient (Wildman–Crippen LogP) is 1.84. The summed E-state index contributed by atoms with van der Waals surface area (Å²) in [6, 6.07) is 6.28. The summed E-state index contributed by atoms with van der Waals surface area (Å²) in [6.07, 6.45) is 1.19. The molecule has 1 aliphatic rings. The molecule has 5 nitrogen and oxygen atoms in total. The van der Waals surface area contributed by atoms with Gasteiger partial charge in [-0.1, -0.05) is 19.1 Å². The third-order valence-electron chi connectivity index (χ3n) is 3.45. The van der Waals surface area contributed by atoms with Crippen LogP contribution in [0.2, 0.25) is 0 Å². The van der Waals surface area contributed by atoms with E-state index in [0.717, 1.165) is 18.0 Å². The van der Waals surface area contributed by atoms with Gasteiger partial charge in [-0.15, -0.1) is 0 Å². The molecule has 1 saturated carbocycles. The largest absolute Gasteiger partial charge is 0.478 e. The third kappa shape index (κ3) is 3.98. The van der Waals surface area contributed by atoms with Gasteiger partial charge >= 0.3 is 12.0 Å². The van der Waals surface area contributed by atoms with Crippen LogP contribution in [0.1, 0.15) is 29.3 Å². The van der Waals surface area contributed by atoms with Crippen LogP contribution in [0.4, 0.5) is 4.79 Å². The van der Waals surface area contributed by atoms with Gasteiger partial charge < -0.3 is 15.7 Å². The van der Waals surface area contributed by atoms with E-state index in [4.69, 9.17) is 5.11 Å². The molecular formula is C14H18N2O3. The van der Waals surface area contributed by atoms with Crippen LogP contribution in [-0.2, 0) is 6.54 Å². The van der Waals surface area contributed by atoms with E-state index in [1.54, 1.807) is 12.1 Å². The Labute approximate surface area is 112 Å². The first-order valence-electron chi connectivity index (χ1n) is 6.40. The molecular weight excluding hydrogens is 244 g/mol. The molecule has 0 aliphatic heterocycles. The Morgan fingerprint density at radius 2 is 1.89 bits per heavy atom. The molecule has 3 N–H and O–H groups in total. The van der Waals surface area contributed by atoms with Crippen molar-refractivity contribution in [2.75, 3.05) is 6.54 Å². The molecule has 5 heteroatoms. The maximum atomic E-state index is 11.5. The summed E-state index contributed by atoms with van der Waals surface area (Å²) in [7, 11) is 0. The van der Waals surface area contributed by atoms with Gasteiger partial charge in [0.25, 0.3) is 0 Å². The number of hydrogen-bond acceptors (Lipinski definition) is 2. The van der Waals surface area contributed by atoms with Crippen molar-refractivity contribution in [3.8, 4) is 0 Å². The summed E-state index contributed by atoms with van der Waals surface area (Å²) < 4.78 is 0. The highest BCUT2D eigenvalue weighted by Crippen LogP contribution is 2.36. The highest BCUT2D eigenvalue weighted by atomic mass is 16.4. The van der Waals surface area contributed by atoms with Crippen LogP contribution in [0, 0.1) is 11.8 Å². The van der Waals surface area contributed by atoms with E-state index in [1.165, 1.54) is 18.6 Å². The number of nitrogens with one attached hydrogen (secondary N) is 2. The molecule has 102 valence electrons. The monoisotopic (exact) mass is 262 g/mol. The Bertz CT molecular complexity index is 470. The SMILES string of the molecule is CC1CC1CNC(=O)NCc1ccc(C(=O)O)cc1. The molecule has 0 spiro atoms. The van der Waals surface area contributed by atoms with Gasteiger partial charge in [-0.3, -0.25) is 0 Å². The van der Waals surface area contributed by atoms with Crippen LogP contribution in [0.5, 0.6) is 0 Å². The minimum atomic E-state index is -0.948. The first-order chi connectivity index (χ1) is 9.06. The number of carbonyl (C=O) groups is 2. The van der Waals surface area contributed by atoms with Crippen molar-refractivity contribution >= 4 is 12.0 Å². The van der Waals surface area contributed by atoms with Gasteiger partial charge in [-0.25, -0.2) is 9.59 Å². The molecule has 2 unspecified atom stereocenters. The fourth-order valence-electron chi connectivity index (χ4n) is 1.92. The van der Waals surface area contributed by atoms with Gasteiger partial charge in [-0.2, -0.15) is 0 Å². The van der Waals surface area contributed by atoms with E-state index in [2.05, 4.69) is 17.6 Å².